The molecule has 0 aliphatic carbocycles. The van der Waals surface area contributed by atoms with Crippen LogP contribution < -0.4 is 10.6 Å². The fourth-order valence-electron chi connectivity index (χ4n) is 2.77. The molecule has 1 amide bonds. The lowest BCUT2D eigenvalue weighted by atomic mass is 9.91. The number of nitrogens with zero attached hydrogens (tertiary/aromatic N) is 1. The number of carbonyl (C=O) groups excluding carboxylic acids is 1. The standard InChI is InChI=1S/C19H22FN3O/c1-19(2,3)18(24)23-17-7-4-12(10-22-17)13-5-6-16(20)15-11-21-9-8-14(13)15/h4-7,10,21H,8-9,11H2,1-3H3,(H,22,23,24). The topological polar surface area (TPSA) is 54.0 Å². The van der Waals surface area contributed by atoms with Crippen LogP contribution in [0.15, 0.2) is 30.5 Å². The number of carbonyl (C=O) groups is 1. The van der Waals surface area contributed by atoms with Crippen LogP contribution in [0.25, 0.3) is 11.1 Å². The Bertz CT molecular complexity index is 763. The molecular weight excluding hydrogens is 305 g/mol. The first-order valence-electron chi connectivity index (χ1n) is 8.15. The lowest BCUT2D eigenvalue weighted by Crippen LogP contribution is -2.28. The van der Waals surface area contributed by atoms with Gasteiger partial charge in [-0.1, -0.05) is 26.8 Å². The number of hydrogen-bond donors (Lipinski definition) is 2. The van der Waals surface area contributed by atoms with Crippen molar-refractivity contribution in [3.05, 3.63) is 47.4 Å². The van der Waals surface area contributed by atoms with Gasteiger partial charge in [0.1, 0.15) is 11.6 Å². The number of nitrogens with one attached hydrogen (secondary N) is 2. The zero-order valence-corrected chi connectivity index (χ0v) is 14.2. The van der Waals surface area contributed by atoms with Crippen molar-refractivity contribution in [3.63, 3.8) is 0 Å². The van der Waals surface area contributed by atoms with Crippen molar-refractivity contribution < 1.29 is 9.18 Å². The Labute approximate surface area is 141 Å². The van der Waals surface area contributed by atoms with Crippen LogP contribution in [0, 0.1) is 11.2 Å². The number of amides is 1. The highest BCUT2D eigenvalue weighted by molar-refractivity contribution is 5.93. The molecule has 0 spiro atoms. The Morgan fingerprint density at radius 1 is 1.21 bits per heavy atom. The number of benzene rings is 1. The number of hydrogen-bond acceptors (Lipinski definition) is 3. The summed E-state index contributed by atoms with van der Waals surface area (Å²) in [5.41, 5.74) is 3.26. The Morgan fingerprint density at radius 2 is 2.00 bits per heavy atom. The molecule has 1 aromatic carbocycles. The van der Waals surface area contributed by atoms with Crippen LogP contribution in [0.2, 0.25) is 0 Å². The number of aromatic nitrogens is 1. The second kappa shape index (κ2) is 6.32. The van der Waals surface area contributed by atoms with Gasteiger partial charge in [-0.25, -0.2) is 9.37 Å². The number of halogens is 1. The van der Waals surface area contributed by atoms with Gasteiger partial charge in [0.15, 0.2) is 0 Å². The summed E-state index contributed by atoms with van der Waals surface area (Å²) in [6, 6.07) is 7.02. The molecule has 0 saturated carbocycles. The molecule has 0 atom stereocenters. The summed E-state index contributed by atoms with van der Waals surface area (Å²) in [6.45, 7) is 6.97. The van der Waals surface area contributed by atoms with E-state index in [0.29, 0.717) is 12.4 Å². The van der Waals surface area contributed by atoms with Gasteiger partial charge in [-0.2, -0.15) is 0 Å². The third-order valence-corrected chi connectivity index (χ3v) is 4.22. The van der Waals surface area contributed by atoms with Gasteiger partial charge >= 0.3 is 0 Å². The molecule has 0 fully saturated rings. The van der Waals surface area contributed by atoms with Gasteiger partial charge in [0, 0.05) is 29.3 Å². The molecule has 2 N–H and O–H groups in total. The summed E-state index contributed by atoms with van der Waals surface area (Å²) < 4.78 is 14.0. The van der Waals surface area contributed by atoms with Crippen molar-refractivity contribution in [2.45, 2.75) is 33.7 Å². The molecule has 0 bridgehead atoms. The second-order valence-electron chi connectivity index (χ2n) is 7.12. The van der Waals surface area contributed by atoms with E-state index >= 15 is 0 Å². The first-order chi connectivity index (χ1) is 11.4. The van der Waals surface area contributed by atoms with Crippen LogP contribution in [0.1, 0.15) is 31.9 Å². The van der Waals surface area contributed by atoms with Crippen molar-refractivity contribution >= 4 is 11.7 Å². The summed E-state index contributed by atoms with van der Waals surface area (Å²) in [6.07, 6.45) is 2.53. The lowest BCUT2D eigenvalue weighted by Gasteiger charge is -2.21. The van der Waals surface area contributed by atoms with Crippen LogP contribution >= 0.6 is 0 Å². The van der Waals surface area contributed by atoms with E-state index in [9.17, 15) is 9.18 Å². The average molecular weight is 327 g/mol. The summed E-state index contributed by atoms with van der Waals surface area (Å²) >= 11 is 0. The third kappa shape index (κ3) is 3.31. The van der Waals surface area contributed by atoms with E-state index in [0.717, 1.165) is 35.2 Å². The molecule has 1 aromatic heterocycles. The van der Waals surface area contributed by atoms with Gasteiger partial charge in [0.2, 0.25) is 5.91 Å². The maximum atomic E-state index is 14.0. The van der Waals surface area contributed by atoms with E-state index in [1.54, 1.807) is 12.3 Å². The molecule has 4 nitrogen and oxygen atoms in total. The smallest absolute Gasteiger partial charge is 0.230 e. The van der Waals surface area contributed by atoms with E-state index in [2.05, 4.69) is 15.6 Å². The van der Waals surface area contributed by atoms with Crippen LogP contribution in [-0.2, 0) is 17.8 Å². The van der Waals surface area contributed by atoms with Gasteiger partial charge in [-0.3, -0.25) is 4.79 Å². The SMILES string of the molecule is CC(C)(C)C(=O)Nc1ccc(-c2ccc(F)c3c2CCNC3)cn1. The van der Waals surface area contributed by atoms with Crippen molar-refractivity contribution in [2.75, 3.05) is 11.9 Å². The zero-order valence-electron chi connectivity index (χ0n) is 14.2. The number of fused-ring (bicyclic) bond motifs is 1. The van der Waals surface area contributed by atoms with Crippen molar-refractivity contribution in [1.82, 2.24) is 10.3 Å². The van der Waals surface area contributed by atoms with Crippen LogP contribution in [-0.4, -0.2) is 17.4 Å². The minimum Gasteiger partial charge on any atom is -0.312 e. The third-order valence-electron chi connectivity index (χ3n) is 4.22. The largest absolute Gasteiger partial charge is 0.312 e. The molecule has 0 unspecified atom stereocenters. The van der Waals surface area contributed by atoms with Gasteiger partial charge in [0.05, 0.1) is 0 Å². The molecular formula is C19H22FN3O. The molecule has 1 aliphatic heterocycles. The van der Waals surface area contributed by atoms with E-state index in [1.807, 2.05) is 32.9 Å². The molecule has 0 radical (unpaired) electrons. The Kier molecular flexibility index (Phi) is 4.37. The monoisotopic (exact) mass is 327 g/mol. The fourth-order valence-corrected chi connectivity index (χ4v) is 2.77. The molecule has 0 saturated heterocycles. The van der Waals surface area contributed by atoms with E-state index < -0.39 is 5.41 Å². The average Bonchev–Trinajstić information content (AvgIpc) is 2.56. The maximum absolute atomic E-state index is 14.0. The minimum absolute atomic E-state index is 0.0759. The summed E-state index contributed by atoms with van der Waals surface area (Å²) in [5, 5.41) is 6.01. The minimum atomic E-state index is -0.469. The van der Waals surface area contributed by atoms with Gasteiger partial charge in [0.25, 0.3) is 0 Å². The van der Waals surface area contributed by atoms with Crippen molar-refractivity contribution in [1.29, 1.82) is 0 Å². The molecule has 3 rings (SSSR count). The predicted molar refractivity (Wildman–Crippen MR) is 93.1 cm³/mol. The first kappa shape index (κ1) is 16.6. The van der Waals surface area contributed by atoms with Crippen LogP contribution in [0.4, 0.5) is 10.2 Å². The summed E-state index contributed by atoms with van der Waals surface area (Å²) in [5.74, 6) is 0.285. The highest BCUT2D eigenvalue weighted by atomic mass is 19.1. The highest BCUT2D eigenvalue weighted by Crippen LogP contribution is 2.30. The molecule has 2 aromatic rings. The number of pyridine rings is 1. The van der Waals surface area contributed by atoms with Crippen LogP contribution in [0.5, 0.6) is 0 Å². The van der Waals surface area contributed by atoms with E-state index in [4.69, 9.17) is 0 Å². The zero-order chi connectivity index (χ0) is 17.3. The Balaban J connectivity index is 1.88. The van der Waals surface area contributed by atoms with Crippen molar-refractivity contribution in [2.24, 2.45) is 5.41 Å². The summed E-state index contributed by atoms with van der Waals surface area (Å²) in [4.78, 5) is 16.4. The number of rotatable bonds is 2. The fraction of sp³-hybridized carbons (Fsp3) is 0.368. The maximum Gasteiger partial charge on any atom is 0.230 e. The van der Waals surface area contributed by atoms with Gasteiger partial charge in [-0.15, -0.1) is 0 Å². The van der Waals surface area contributed by atoms with Gasteiger partial charge in [-0.05, 0) is 42.3 Å². The Hall–Kier alpha value is -2.27. The molecule has 5 heteroatoms. The second-order valence-corrected chi connectivity index (χ2v) is 7.12. The predicted octanol–water partition coefficient (Wildman–Crippen LogP) is 3.52. The Morgan fingerprint density at radius 3 is 2.67 bits per heavy atom. The molecule has 2 heterocycles. The molecule has 24 heavy (non-hydrogen) atoms. The van der Waals surface area contributed by atoms with Crippen LogP contribution in [0.3, 0.4) is 0 Å². The number of anilines is 1. The quantitative estimate of drug-likeness (QED) is 0.887. The lowest BCUT2D eigenvalue weighted by molar-refractivity contribution is -0.123. The first-order valence-corrected chi connectivity index (χ1v) is 8.15. The highest BCUT2D eigenvalue weighted by Gasteiger charge is 2.22. The van der Waals surface area contributed by atoms with Crippen molar-refractivity contribution in [3.8, 4) is 11.1 Å². The molecule has 126 valence electrons. The molecule has 1 aliphatic rings. The summed E-state index contributed by atoms with van der Waals surface area (Å²) in [7, 11) is 0. The normalized spacial score (nSPS) is 14.2. The van der Waals surface area contributed by atoms with Gasteiger partial charge < -0.3 is 10.6 Å². The van der Waals surface area contributed by atoms with E-state index in [-0.39, 0.29) is 11.7 Å². The van der Waals surface area contributed by atoms with E-state index in [1.165, 1.54) is 6.07 Å².